The van der Waals surface area contributed by atoms with E-state index in [-0.39, 0.29) is 12.5 Å². The van der Waals surface area contributed by atoms with E-state index in [1.807, 2.05) is 0 Å². The highest BCUT2D eigenvalue weighted by Crippen LogP contribution is 2.30. The summed E-state index contributed by atoms with van der Waals surface area (Å²) >= 11 is 0. The van der Waals surface area contributed by atoms with Crippen molar-refractivity contribution in [1.82, 2.24) is 4.72 Å². The third-order valence-corrected chi connectivity index (χ3v) is 5.35. The number of carbonyl (C=O) groups is 1. The van der Waals surface area contributed by atoms with Crippen molar-refractivity contribution in [2.24, 2.45) is 5.92 Å². The Morgan fingerprint density at radius 1 is 1.29 bits per heavy atom. The molecule has 17 heavy (non-hydrogen) atoms. The Labute approximate surface area is 102 Å². The van der Waals surface area contributed by atoms with Gasteiger partial charge in [-0.15, -0.1) is 0 Å². The maximum atomic E-state index is 11.8. The molecule has 1 aliphatic carbocycles. The fraction of sp³-hybridized carbons (Fsp3) is 0.909. The van der Waals surface area contributed by atoms with Gasteiger partial charge in [-0.05, 0) is 18.8 Å². The topological polar surface area (TPSA) is 72.5 Å². The molecule has 2 fully saturated rings. The highest BCUT2D eigenvalue weighted by Gasteiger charge is 2.31. The summed E-state index contributed by atoms with van der Waals surface area (Å²) in [6.45, 7) is 0.660. The van der Waals surface area contributed by atoms with Crippen molar-refractivity contribution in [3.05, 3.63) is 0 Å². The van der Waals surface area contributed by atoms with Crippen molar-refractivity contribution < 1.29 is 17.9 Å². The Bertz CT molecular complexity index is 369. The third kappa shape index (κ3) is 3.42. The average molecular weight is 261 g/mol. The van der Waals surface area contributed by atoms with Crippen LogP contribution in [0.15, 0.2) is 0 Å². The van der Waals surface area contributed by atoms with E-state index in [1.165, 1.54) is 19.3 Å². The molecule has 5 nitrogen and oxygen atoms in total. The Morgan fingerprint density at radius 2 is 2.06 bits per heavy atom. The molecule has 0 bridgehead atoms. The van der Waals surface area contributed by atoms with Gasteiger partial charge in [0.2, 0.25) is 15.9 Å². The Kier molecular flexibility index (Phi) is 4.04. The zero-order valence-corrected chi connectivity index (χ0v) is 10.7. The minimum Gasteiger partial charge on any atom is -0.380 e. The van der Waals surface area contributed by atoms with Gasteiger partial charge in [-0.3, -0.25) is 9.52 Å². The molecule has 1 saturated heterocycles. The first-order valence-corrected chi connectivity index (χ1v) is 7.75. The fourth-order valence-electron chi connectivity index (χ4n) is 2.17. The van der Waals surface area contributed by atoms with Crippen LogP contribution in [0.1, 0.15) is 38.5 Å². The van der Waals surface area contributed by atoms with Crippen LogP contribution in [0.5, 0.6) is 0 Å². The summed E-state index contributed by atoms with van der Waals surface area (Å²) < 4.78 is 30.7. The van der Waals surface area contributed by atoms with E-state index in [4.69, 9.17) is 4.74 Å². The maximum absolute atomic E-state index is 11.8. The largest absolute Gasteiger partial charge is 0.380 e. The van der Waals surface area contributed by atoms with Crippen LogP contribution in [-0.4, -0.2) is 32.8 Å². The standard InChI is InChI=1S/C11H19NO4S/c13-11(5-4-9-2-1-3-9)12-17(14,15)10-6-7-16-8-10/h9-10H,1-8H2,(H,12,13). The SMILES string of the molecule is O=C(CCC1CCC1)NS(=O)(=O)C1CCOC1. The molecule has 0 aromatic rings. The minimum absolute atomic E-state index is 0.200. The van der Waals surface area contributed by atoms with Crippen LogP contribution in [0, 0.1) is 5.92 Å². The van der Waals surface area contributed by atoms with Crippen molar-refractivity contribution in [3.8, 4) is 0 Å². The lowest BCUT2D eigenvalue weighted by atomic mass is 9.82. The van der Waals surface area contributed by atoms with Gasteiger partial charge in [0.15, 0.2) is 0 Å². The Morgan fingerprint density at radius 3 is 2.59 bits per heavy atom. The number of carbonyl (C=O) groups excluding carboxylic acids is 1. The molecular formula is C11H19NO4S. The van der Waals surface area contributed by atoms with Gasteiger partial charge in [0.05, 0.1) is 6.61 Å². The zero-order chi connectivity index (χ0) is 12.3. The highest BCUT2D eigenvalue weighted by atomic mass is 32.2. The molecule has 0 spiro atoms. The molecular weight excluding hydrogens is 242 g/mol. The smallest absolute Gasteiger partial charge is 0.240 e. The van der Waals surface area contributed by atoms with E-state index in [1.54, 1.807) is 0 Å². The third-order valence-electron chi connectivity index (χ3n) is 3.59. The van der Waals surface area contributed by atoms with Crippen LogP contribution < -0.4 is 4.72 Å². The summed E-state index contributed by atoms with van der Waals surface area (Å²) in [6.07, 6.45) is 5.20. The molecule has 1 amide bonds. The van der Waals surface area contributed by atoms with Crippen LogP contribution in [0.25, 0.3) is 0 Å². The molecule has 1 N–H and O–H groups in total. The van der Waals surface area contributed by atoms with Gasteiger partial charge in [0.25, 0.3) is 0 Å². The predicted molar refractivity (Wildman–Crippen MR) is 62.9 cm³/mol. The van der Waals surface area contributed by atoms with Crippen LogP contribution >= 0.6 is 0 Å². The number of nitrogens with one attached hydrogen (secondary N) is 1. The van der Waals surface area contributed by atoms with Gasteiger partial charge in [-0.25, -0.2) is 8.42 Å². The second-order valence-electron chi connectivity index (χ2n) is 4.89. The monoisotopic (exact) mass is 261 g/mol. The number of rotatable bonds is 5. The first kappa shape index (κ1) is 12.8. The molecule has 1 aliphatic heterocycles. The van der Waals surface area contributed by atoms with Crippen LogP contribution in [0.3, 0.4) is 0 Å². The Hall–Kier alpha value is -0.620. The fourth-order valence-corrected chi connectivity index (χ4v) is 3.44. The molecule has 1 heterocycles. The number of hydrogen-bond acceptors (Lipinski definition) is 4. The molecule has 2 aliphatic rings. The summed E-state index contributed by atoms with van der Waals surface area (Å²) in [6, 6.07) is 0. The lowest BCUT2D eigenvalue weighted by molar-refractivity contribution is -0.119. The quantitative estimate of drug-likeness (QED) is 0.794. The number of ether oxygens (including phenoxy) is 1. The number of sulfonamides is 1. The number of hydrogen-bond donors (Lipinski definition) is 1. The normalized spacial score (nSPS) is 25.5. The second kappa shape index (κ2) is 5.35. The van der Waals surface area contributed by atoms with E-state index >= 15 is 0 Å². The van der Waals surface area contributed by atoms with Gasteiger partial charge in [-0.2, -0.15) is 0 Å². The lowest BCUT2D eigenvalue weighted by Gasteiger charge is -2.24. The summed E-state index contributed by atoms with van der Waals surface area (Å²) in [5.74, 6) is 0.252. The lowest BCUT2D eigenvalue weighted by Crippen LogP contribution is -2.38. The van der Waals surface area contributed by atoms with Crippen LogP contribution in [-0.2, 0) is 19.6 Å². The van der Waals surface area contributed by atoms with E-state index in [0.29, 0.717) is 25.4 Å². The summed E-state index contributed by atoms with van der Waals surface area (Å²) in [5, 5.41) is -0.560. The average Bonchev–Trinajstić information content (AvgIpc) is 2.67. The maximum Gasteiger partial charge on any atom is 0.240 e. The van der Waals surface area contributed by atoms with E-state index < -0.39 is 15.3 Å². The van der Waals surface area contributed by atoms with Gasteiger partial charge in [0.1, 0.15) is 5.25 Å². The van der Waals surface area contributed by atoms with Gasteiger partial charge < -0.3 is 4.74 Å². The van der Waals surface area contributed by atoms with Crippen molar-refractivity contribution in [3.63, 3.8) is 0 Å². The molecule has 6 heteroatoms. The first-order valence-electron chi connectivity index (χ1n) is 6.20. The van der Waals surface area contributed by atoms with E-state index in [9.17, 15) is 13.2 Å². The van der Waals surface area contributed by atoms with Gasteiger partial charge in [-0.1, -0.05) is 19.3 Å². The van der Waals surface area contributed by atoms with Crippen LogP contribution in [0.2, 0.25) is 0 Å². The molecule has 0 aromatic carbocycles. The highest BCUT2D eigenvalue weighted by molar-refractivity contribution is 7.90. The summed E-state index contributed by atoms with van der Waals surface area (Å²) in [4.78, 5) is 11.5. The molecule has 1 saturated carbocycles. The van der Waals surface area contributed by atoms with Gasteiger partial charge >= 0.3 is 0 Å². The van der Waals surface area contributed by atoms with Gasteiger partial charge in [0, 0.05) is 13.0 Å². The van der Waals surface area contributed by atoms with Crippen molar-refractivity contribution in [2.75, 3.05) is 13.2 Å². The molecule has 1 atom stereocenters. The molecule has 1 unspecified atom stereocenters. The first-order chi connectivity index (χ1) is 8.08. The second-order valence-corrected chi connectivity index (χ2v) is 6.85. The van der Waals surface area contributed by atoms with Crippen LogP contribution in [0.4, 0.5) is 0 Å². The zero-order valence-electron chi connectivity index (χ0n) is 9.85. The molecule has 2 rings (SSSR count). The minimum atomic E-state index is -3.52. The van der Waals surface area contributed by atoms with E-state index in [0.717, 1.165) is 6.42 Å². The van der Waals surface area contributed by atoms with Crippen molar-refractivity contribution in [1.29, 1.82) is 0 Å². The van der Waals surface area contributed by atoms with Crippen molar-refractivity contribution in [2.45, 2.75) is 43.8 Å². The summed E-state index contributed by atoms with van der Waals surface area (Å²) in [7, 11) is -3.52. The van der Waals surface area contributed by atoms with Crippen molar-refractivity contribution >= 4 is 15.9 Å². The molecule has 0 radical (unpaired) electrons. The Balaban J connectivity index is 1.76. The molecule has 0 aromatic heterocycles. The number of amides is 1. The van der Waals surface area contributed by atoms with E-state index in [2.05, 4.69) is 4.72 Å². The predicted octanol–water partition coefficient (Wildman–Crippen LogP) is 0.802. The summed E-state index contributed by atoms with van der Waals surface area (Å²) in [5.41, 5.74) is 0. The molecule has 98 valence electrons.